The third-order valence-corrected chi connectivity index (χ3v) is 2.73. The average Bonchev–Trinajstić information content (AvgIpc) is 2.46. The summed E-state index contributed by atoms with van der Waals surface area (Å²) in [5, 5.41) is 3.20. The van der Waals surface area contributed by atoms with E-state index in [1.165, 1.54) is 0 Å². The Morgan fingerprint density at radius 3 is 2.70 bits per heavy atom. The minimum absolute atomic E-state index is 0.314. The van der Waals surface area contributed by atoms with Crippen LogP contribution in [-0.4, -0.2) is 30.2 Å². The lowest BCUT2D eigenvalue weighted by Crippen LogP contribution is -2.29. The fourth-order valence-electron chi connectivity index (χ4n) is 1.72. The molecule has 0 aliphatic rings. The number of nitrogens with one attached hydrogen (secondary N) is 1. The van der Waals surface area contributed by atoms with Gasteiger partial charge in [-0.05, 0) is 32.0 Å². The van der Waals surface area contributed by atoms with E-state index in [1.54, 1.807) is 13.1 Å². The van der Waals surface area contributed by atoms with Crippen LogP contribution in [0, 0.1) is 0 Å². The Morgan fingerprint density at radius 2 is 2.15 bits per heavy atom. The quantitative estimate of drug-likeness (QED) is 0.703. The lowest BCUT2D eigenvalue weighted by molar-refractivity contribution is -0.151. The molecule has 1 atom stereocenters. The summed E-state index contributed by atoms with van der Waals surface area (Å²) in [5.41, 5.74) is 0.947. The van der Waals surface area contributed by atoms with E-state index in [2.05, 4.69) is 10.3 Å². The highest BCUT2D eigenvalue weighted by Crippen LogP contribution is 2.14. The van der Waals surface area contributed by atoms with Gasteiger partial charge in [0, 0.05) is 6.54 Å². The molecule has 0 fully saturated rings. The van der Waals surface area contributed by atoms with E-state index in [0.29, 0.717) is 18.8 Å². The Hall–Kier alpha value is -1.62. The minimum atomic E-state index is -0.554. The average molecular weight is 280 g/mol. The monoisotopic (exact) mass is 280 g/mol. The van der Waals surface area contributed by atoms with Gasteiger partial charge in [0.05, 0.1) is 18.5 Å². The van der Waals surface area contributed by atoms with Crippen LogP contribution in [-0.2, 0) is 16.1 Å². The number of carbonyl (C=O) groups excluding carboxylic acids is 1. The fraction of sp³-hybridized carbons (Fsp3) is 0.600. The van der Waals surface area contributed by atoms with Crippen molar-refractivity contribution in [3.63, 3.8) is 0 Å². The first kappa shape index (κ1) is 16.4. The summed E-state index contributed by atoms with van der Waals surface area (Å²) in [5.74, 6) is 0.280. The van der Waals surface area contributed by atoms with E-state index in [9.17, 15) is 4.79 Å². The topological polar surface area (TPSA) is 60.5 Å². The third-order valence-electron chi connectivity index (χ3n) is 2.73. The number of rotatable bonds is 9. The van der Waals surface area contributed by atoms with E-state index in [0.717, 1.165) is 25.2 Å². The zero-order valence-electron chi connectivity index (χ0n) is 12.5. The normalized spacial score (nSPS) is 11.9. The molecule has 5 heteroatoms. The van der Waals surface area contributed by atoms with Crippen molar-refractivity contribution < 1.29 is 14.3 Å². The highest BCUT2D eigenvalue weighted by Gasteiger charge is 2.20. The standard InChI is InChI=1S/C15H24N2O3/c1-4-7-14(15(18)19-6-3)20-13-9-8-12(17-11-13)10-16-5-2/h8-9,11,14,16H,4-7,10H2,1-3H3. The Kier molecular flexibility index (Phi) is 7.65. The number of aromatic nitrogens is 1. The molecule has 1 heterocycles. The number of hydrogen-bond acceptors (Lipinski definition) is 5. The molecule has 1 N–H and O–H groups in total. The van der Waals surface area contributed by atoms with Crippen molar-refractivity contribution in [2.45, 2.75) is 46.3 Å². The molecule has 0 amide bonds. The molecule has 5 nitrogen and oxygen atoms in total. The molecule has 1 unspecified atom stereocenters. The van der Waals surface area contributed by atoms with Crippen LogP contribution in [0.3, 0.4) is 0 Å². The van der Waals surface area contributed by atoms with Gasteiger partial charge in [-0.25, -0.2) is 4.79 Å². The van der Waals surface area contributed by atoms with Gasteiger partial charge < -0.3 is 14.8 Å². The predicted molar refractivity (Wildman–Crippen MR) is 77.6 cm³/mol. The molecule has 20 heavy (non-hydrogen) atoms. The Bertz CT molecular complexity index is 393. The molecule has 0 aliphatic carbocycles. The third kappa shape index (κ3) is 5.57. The van der Waals surface area contributed by atoms with E-state index < -0.39 is 6.10 Å². The van der Waals surface area contributed by atoms with Crippen LogP contribution in [0.4, 0.5) is 0 Å². The van der Waals surface area contributed by atoms with E-state index in [1.807, 2.05) is 26.0 Å². The van der Waals surface area contributed by atoms with Crippen molar-refractivity contribution in [1.82, 2.24) is 10.3 Å². The first-order chi connectivity index (χ1) is 9.71. The predicted octanol–water partition coefficient (Wildman–Crippen LogP) is 2.30. The summed E-state index contributed by atoms with van der Waals surface area (Å²) in [6.45, 7) is 7.84. The maximum atomic E-state index is 11.8. The first-order valence-corrected chi connectivity index (χ1v) is 7.20. The molecule has 0 radical (unpaired) electrons. The van der Waals surface area contributed by atoms with Crippen molar-refractivity contribution in [1.29, 1.82) is 0 Å². The van der Waals surface area contributed by atoms with Crippen LogP contribution >= 0.6 is 0 Å². The second-order valence-electron chi connectivity index (χ2n) is 4.41. The van der Waals surface area contributed by atoms with Gasteiger partial charge >= 0.3 is 5.97 Å². The smallest absolute Gasteiger partial charge is 0.347 e. The zero-order chi connectivity index (χ0) is 14.8. The van der Waals surface area contributed by atoms with Crippen LogP contribution in [0.25, 0.3) is 0 Å². The van der Waals surface area contributed by atoms with Crippen LogP contribution in [0.5, 0.6) is 5.75 Å². The minimum Gasteiger partial charge on any atom is -0.477 e. The maximum absolute atomic E-state index is 11.8. The lowest BCUT2D eigenvalue weighted by Gasteiger charge is -2.16. The van der Waals surface area contributed by atoms with E-state index in [-0.39, 0.29) is 5.97 Å². The zero-order valence-corrected chi connectivity index (χ0v) is 12.5. The summed E-state index contributed by atoms with van der Waals surface area (Å²) in [7, 11) is 0. The fourth-order valence-corrected chi connectivity index (χ4v) is 1.72. The van der Waals surface area contributed by atoms with Gasteiger partial charge in [-0.2, -0.15) is 0 Å². The van der Waals surface area contributed by atoms with Gasteiger partial charge in [-0.3, -0.25) is 4.98 Å². The van der Waals surface area contributed by atoms with Gasteiger partial charge in [-0.15, -0.1) is 0 Å². The highest BCUT2D eigenvalue weighted by atomic mass is 16.6. The molecule has 0 spiro atoms. The van der Waals surface area contributed by atoms with Crippen LogP contribution in [0.1, 0.15) is 39.3 Å². The number of hydrogen-bond donors (Lipinski definition) is 1. The van der Waals surface area contributed by atoms with Gasteiger partial charge in [0.1, 0.15) is 5.75 Å². The molecule has 0 bridgehead atoms. The molecule has 112 valence electrons. The van der Waals surface area contributed by atoms with E-state index >= 15 is 0 Å². The number of nitrogens with zero attached hydrogens (tertiary/aromatic N) is 1. The summed E-state index contributed by atoms with van der Waals surface area (Å²) < 4.78 is 10.7. The van der Waals surface area contributed by atoms with Crippen molar-refractivity contribution in [2.24, 2.45) is 0 Å². The molecule has 1 rings (SSSR count). The summed E-state index contributed by atoms with van der Waals surface area (Å²) in [6, 6.07) is 3.73. The molecular formula is C15H24N2O3. The maximum Gasteiger partial charge on any atom is 0.347 e. The number of carbonyl (C=O) groups is 1. The molecule has 0 aliphatic heterocycles. The van der Waals surface area contributed by atoms with Crippen molar-refractivity contribution in [3.8, 4) is 5.75 Å². The number of pyridine rings is 1. The SMILES string of the molecule is CCCC(Oc1ccc(CNCC)nc1)C(=O)OCC. The molecule has 0 saturated heterocycles. The van der Waals surface area contributed by atoms with Crippen molar-refractivity contribution >= 4 is 5.97 Å². The molecule has 0 aromatic carbocycles. The Labute approximate surface area is 120 Å². The second kappa shape index (κ2) is 9.31. The van der Waals surface area contributed by atoms with Gasteiger partial charge in [-0.1, -0.05) is 20.3 Å². The molecule has 0 saturated carbocycles. The highest BCUT2D eigenvalue weighted by molar-refractivity contribution is 5.75. The van der Waals surface area contributed by atoms with E-state index in [4.69, 9.17) is 9.47 Å². The largest absolute Gasteiger partial charge is 0.477 e. The Morgan fingerprint density at radius 1 is 1.35 bits per heavy atom. The summed E-state index contributed by atoms with van der Waals surface area (Å²) in [6.07, 6.45) is 2.59. The van der Waals surface area contributed by atoms with Gasteiger partial charge in [0.2, 0.25) is 0 Å². The molecule has 1 aromatic heterocycles. The second-order valence-corrected chi connectivity index (χ2v) is 4.41. The van der Waals surface area contributed by atoms with Crippen molar-refractivity contribution in [2.75, 3.05) is 13.2 Å². The van der Waals surface area contributed by atoms with Gasteiger partial charge in [0.15, 0.2) is 6.10 Å². The van der Waals surface area contributed by atoms with Crippen molar-refractivity contribution in [3.05, 3.63) is 24.0 Å². The molecular weight excluding hydrogens is 256 g/mol. The summed E-state index contributed by atoms with van der Waals surface area (Å²) in [4.78, 5) is 16.1. The number of ether oxygens (including phenoxy) is 2. The number of esters is 1. The van der Waals surface area contributed by atoms with Gasteiger partial charge in [0.25, 0.3) is 0 Å². The molecule has 1 aromatic rings. The van der Waals surface area contributed by atoms with Crippen LogP contribution in [0.15, 0.2) is 18.3 Å². The Balaban J connectivity index is 2.61. The van der Waals surface area contributed by atoms with Crippen LogP contribution in [0.2, 0.25) is 0 Å². The first-order valence-electron chi connectivity index (χ1n) is 7.20. The summed E-state index contributed by atoms with van der Waals surface area (Å²) >= 11 is 0. The van der Waals surface area contributed by atoms with Crippen LogP contribution < -0.4 is 10.1 Å². The lowest BCUT2D eigenvalue weighted by atomic mass is 10.2.